The first-order valence-electron chi connectivity index (χ1n) is 14.8. The Hall–Kier alpha value is -3.76. The maximum absolute atomic E-state index is 7.58. The van der Waals surface area contributed by atoms with Gasteiger partial charge in [-0.25, -0.2) is 0 Å². The number of hydrogen-bond acceptors (Lipinski definition) is 8. The standard InChI is InChI=1S/C34H35ClN3O5P3/c1-28-36-44(40-30-19-9-3-10-20-30)34(27-39-29-17-7-2-8-18-29)37-46(35,43-33-25-15-6-16-26-33)38-45(28,41-31-21-11-4-12-22-31)42-32-23-13-5-14-24-32/h2-26,28,34,37,44,46H,27H2,1H3. The van der Waals surface area contributed by atoms with Crippen molar-refractivity contribution in [3.8, 4) is 28.7 Å². The third-order valence-electron chi connectivity index (χ3n) is 6.79. The molecule has 12 heteroatoms. The van der Waals surface area contributed by atoms with Gasteiger partial charge in [0, 0.05) is 0 Å². The van der Waals surface area contributed by atoms with Crippen LogP contribution in [0.4, 0.5) is 0 Å². The Bertz CT molecular complexity index is 1730. The molecule has 1 N–H and O–H groups in total. The summed E-state index contributed by atoms with van der Waals surface area (Å²) in [6.45, 7) is 2.15. The van der Waals surface area contributed by atoms with E-state index in [1.165, 1.54) is 0 Å². The van der Waals surface area contributed by atoms with Gasteiger partial charge in [0.15, 0.2) is 0 Å². The van der Waals surface area contributed by atoms with E-state index >= 15 is 0 Å². The molecule has 46 heavy (non-hydrogen) atoms. The molecule has 0 fully saturated rings. The van der Waals surface area contributed by atoms with E-state index < -0.39 is 34.2 Å². The normalized spacial score (nSPS) is 21.0. The van der Waals surface area contributed by atoms with Gasteiger partial charge in [-0.05, 0) is 0 Å². The van der Waals surface area contributed by atoms with Gasteiger partial charge in [-0.1, -0.05) is 0 Å². The molecule has 3 atom stereocenters. The van der Waals surface area contributed by atoms with Crippen LogP contribution >= 0.6 is 33.8 Å². The minimum atomic E-state index is -3.85. The topological polar surface area (TPSA) is 82.9 Å². The van der Waals surface area contributed by atoms with Gasteiger partial charge in [-0.3, -0.25) is 0 Å². The van der Waals surface area contributed by atoms with Gasteiger partial charge in [-0.15, -0.1) is 0 Å². The monoisotopic (exact) mass is 693 g/mol. The van der Waals surface area contributed by atoms with Gasteiger partial charge >= 0.3 is 277 Å². The Balaban J connectivity index is 1.50. The molecule has 8 nitrogen and oxygen atoms in total. The fraction of sp³-hybridized carbons (Fsp3) is 0.118. The number of halogens is 1. The summed E-state index contributed by atoms with van der Waals surface area (Å²) in [5.74, 6) is 2.03. The molecule has 0 bridgehead atoms. The second-order valence-electron chi connectivity index (χ2n) is 10.3. The van der Waals surface area contributed by atoms with Gasteiger partial charge in [0.1, 0.15) is 0 Å². The van der Waals surface area contributed by atoms with E-state index in [1.807, 2.05) is 159 Å². The number of ether oxygens (including phenoxy) is 1. The zero-order chi connectivity index (χ0) is 31.7. The van der Waals surface area contributed by atoms with Crippen LogP contribution in [0.3, 0.4) is 0 Å². The summed E-state index contributed by atoms with van der Waals surface area (Å²) in [5, 5.41) is 3.55. The number of nitrogens with one attached hydrogen (secondary N) is 1. The molecule has 0 saturated carbocycles. The van der Waals surface area contributed by atoms with Crippen LogP contribution in [-0.2, 0) is 0 Å². The molecule has 0 aromatic heterocycles. The quantitative estimate of drug-likeness (QED) is 0.139. The molecule has 0 aliphatic carbocycles. The second-order valence-corrected chi connectivity index (χ2v) is 18.3. The van der Waals surface area contributed by atoms with Gasteiger partial charge in [0.05, 0.1) is 0 Å². The predicted molar refractivity (Wildman–Crippen MR) is 191 cm³/mol. The predicted octanol–water partition coefficient (Wildman–Crippen LogP) is 10.6. The number of hydrogen-bond donors (Lipinski definition) is 1. The number of benzene rings is 5. The average Bonchev–Trinajstić information content (AvgIpc) is 3.08. The third-order valence-corrected chi connectivity index (χ3v) is 15.9. The fourth-order valence-electron chi connectivity index (χ4n) is 4.60. The van der Waals surface area contributed by atoms with Gasteiger partial charge in [-0.2, -0.15) is 0 Å². The van der Waals surface area contributed by atoms with Crippen molar-refractivity contribution < 1.29 is 22.8 Å². The van der Waals surface area contributed by atoms with E-state index in [1.54, 1.807) is 0 Å². The van der Waals surface area contributed by atoms with Crippen molar-refractivity contribution >= 4 is 33.8 Å². The Kier molecular flexibility index (Phi) is 10.7. The van der Waals surface area contributed by atoms with Gasteiger partial charge < -0.3 is 0 Å². The van der Waals surface area contributed by atoms with Crippen LogP contribution in [0.1, 0.15) is 6.92 Å². The van der Waals surface area contributed by atoms with Crippen molar-refractivity contribution in [2.24, 2.45) is 9.26 Å². The molecular formula is C34H35ClN3O5P3. The molecule has 6 rings (SSSR count). The number of rotatable bonds is 11. The molecule has 0 saturated heterocycles. The SMILES string of the molecule is CC1/N=[PH](/Oc2ccccc2)C(COc2ccccc2)N[PH](Cl)(Oc2ccccc2)N=P1(Oc1ccccc1)Oc1ccccc1. The van der Waals surface area contributed by atoms with Crippen LogP contribution in [-0.4, -0.2) is 18.2 Å². The van der Waals surface area contributed by atoms with Crippen LogP contribution in [0.5, 0.6) is 28.7 Å². The summed E-state index contributed by atoms with van der Waals surface area (Å²) in [6.07, 6.45) is 0. The average molecular weight is 694 g/mol. The van der Waals surface area contributed by atoms with Gasteiger partial charge in [0.25, 0.3) is 0 Å². The Morgan fingerprint density at radius 1 is 0.652 bits per heavy atom. The summed E-state index contributed by atoms with van der Waals surface area (Å²) in [4.78, 5) is 0. The maximum atomic E-state index is 7.58. The molecule has 0 spiro atoms. The zero-order valence-corrected chi connectivity index (χ0v) is 28.7. The molecule has 1 aliphatic heterocycles. The van der Waals surface area contributed by atoms with Crippen molar-refractivity contribution in [3.05, 3.63) is 152 Å². The third kappa shape index (κ3) is 8.53. The molecule has 5 aromatic carbocycles. The van der Waals surface area contributed by atoms with Crippen molar-refractivity contribution in [2.45, 2.75) is 18.5 Å². The first-order chi connectivity index (χ1) is 22.5. The van der Waals surface area contributed by atoms with E-state index in [-0.39, 0.29) is 6.61 Å². The summed E-state index contributed by atoms with van der Waals surface area (Å²) >= 11 is 7.58. The summed E-state index contributed by atoms with van der Waals surface area (Å²) in [6, 6.07) is 47.5. The fourth-order valence-corrected chi connectivity index (χ4v) is 14.9. The van der Waals surface area contributed by atoms with E-state index in [2.05, 4.69) is 5.09 Å². The van der Waals surface area contributed by atoms with Crippen molar-refractivity contribution in [1.82, 2.24) is 5.09 Å². The molecule has 0 radical (unpaired) electrons. The van der Waals surface area contributed by atoms with Crippen LogP contribution < -0.4 is 27.9 Å². The molecule has 238 valence electrons. The first kappa shape index (κ1) is 32.2. The van der Waals surface area contributed by atoms with E-state index in [0.29, 0.717) is 28.7 Å². The molecule has 1 aliphatic rings. The Labute approximate surface area is 275 Å². The molecular weight excluding hydrogens is 659 g/mol. The van der Waals surface area contributed by atoms with Crippen LogP contribution in [0.2, 0.25) is 0 Å². The zero-order valence-electron chi connectivity index (χ0n) is 25.1. The summed E-state index contributed by atoms with van der Waals surface area (Å²) in [7, 11) is -9.41. The summed E-state index contributed by atoms with van der Waals surface area (Å²) < 4.78 is 43.6. The number of nitrogens with zero attached hydrogens (tertiary/aromatic N) is 2. The van der Waals surface area contributed by atoms with E-state index in [9.17, 15) is 0 Å². The van der Waals surface area contributed by atoms with Crippen LogP contribution in [0.25, 0.3) is 0 Å². The van der Waals surface area contributed by atoms with Crippen LogP contribution in [0, 0.1) is 0 Å². The van der Waals surface area contributed by atoms with Crippen molar-refractivity contribution in [3.63, 3.8) is 0 Å². The van der Waals surface area contributed by atoms with E-state index in [4.69, 9.17) is 43.3 Å². The van der Waals surface area contributed by atoms with Crippen LogP contribution in [0.15, 0.2) is 161 Å². The summed E-state index contributed by atoms with van der Waals surface area (Å²) in [5.41, 5.74) is 0. The molecule has 0 amide bonds. The first-order valence-corrected chi connectivity index (χ1v) is 20.7. The Morgan fingerprint density at radius 3 is 1.59 bits per heavy atom. The van der Waals surface area contributed by atoms with Crippen molar-refractivity contribution in [2.75, 3.05) is 6.61 Å². The number of para-hydroxylation sites is 5. The van der Waals surface area contributed by atoms with Gasteiger partial charge in [0.2, 0.25) is 0 Å². The van der Waals surface area contributed by atoms with Crippen molar-refractivity contribution in [1.29, 1.82) is 0 Å². The molecule has 5 aromatic rings. The Morgan fingerprint density at radius 2 is 1.09 bits per heavy atom. The minimum absolute atomic E-state index is 0.209. The molecule has 1 heterocycles. The van der Waals surface area contributed by atoms with E-state index in [0.717, 1.165) is 0 Å². The molecule has 3 unspecified atom stereocenters. The second kappa shape index (κ2) is 15.2.